The number of hydrogen-bond acceptors (Lipinski definition) is 4. The molecule has 0 aliphatic carbocycles. The first-order chi connectivity index (χ1) is 9.94. The predicted octanol–water partition coefficient (Wildman–Crippen LogP) is 3.37. The molecule has 0 aliphatic rings. The van der Waals surface area contributed by atoms with Crippen LogP contribution in [0.1, 0.15) is 47.1 Å². The van der Waals surface area contributed by atoms with Gasteiger partial charge in [-0.3, -0.25) is 0 Å². The van der Waals surface area contributed by atoms with E-state index in [0.29, 0.717) is 18.8 Å². The monoisotopic (exact) mass is 474 g/mol. The Morgan fingerprint density at radius 3 is 2.00 bits per heavy atom. The van der Waals surface area contributed by atoms with E-state index in [1.807, 2.05) is 0 Å². The first-order valence-corrected chi connectivity index (χ1v) is 10.5. The van der Waals surface area contributed by atoms with E-state index in [4.69, 9.17) is 0 Å². The van der Waals surface area contributed by atoms with Gasteiger partial charge in [0.05, 0.1) is 6.21 Å². The Morgan fingerprint density at radius 2 is 1.59 bits per heavy atom. The third-order valence-corrected chi connectivity index (χ3v) is 6.81. The average molecular weight is 474 g/mol. The Kier molecular flexibility index (Phi) is 9.31. The van der Waals surface area contributed by atoms with Crippen molar-refractivity contribution < 1.29 is 10.2 Å². The summed E-state index contributed by atoms with van der Waals surface area (Å²) in [6.07, 6.45) is 1.54. The smallest absolute Gasteiger partial charge is 0.0561 e. The number of benzene rings is 1. The summed E-state index contributed by atoms with van der Waals surface area (Å²) >= 11 is 3.02. The van der Waals surface area contributed by atoms with Gasteiger partial charge < -0.3 is 10.2 Å². The maximum Gasteiger partial charge on any atom is 0.0561 e. The largest absolute Gasteiger partial charge is 0.872 e. The van der Waals surface area contributed by atoms with Gasteiger partial charge >= 0.3 is 69.5 Å². The van der Waals surface area contributed by atoms with Gasteiger partial charge in [0.2, 0.25) is 0 Å². The van der Waals surface area contributed by atoms with Gasteiger partial charge in [0.25, 0.3) is 0 Å². The van der Waals surface area contributed by atoms with Crippen LogP contribution in [0.5, 0.6) is 5.75 Å². The van der Waals surface area contributed by atoms with Gasteiger partial charge in [0, 0.05) is 4.47 Å². The third kappa shape index (κ3) is 12.0. The van der Waals surface area contributed by atoms with Crippen LogP contribution in [0.3, 0.4) is 0 Å². The molecule has 0 aliphatic heterocycles. The van der Waals surface area contributed by atoms with Crippen LogP contribution in [0, 0.1) is 0 Å². The van der Waals surface area contributed by atoms with Gasteiger partial charge in [-0.2, -0.15) is 10.2 Å². The van der Waals surface area contributed by atoms with Crippen LogP contribution >= 0.6 is 15.9 Å². The third-order valence-electron chi connectivity index (χ3n) is 2.03. The molecule has 0 N–H and O–H groups in total. The Labute approximate surface area is 152 Å². The molecule has 0 bridgehead atoms. The fourth-order valence-corrected chi connectivity index (χ4v) is 8.67. The molecule has 120 valence electrons. The summed E-state index contributed by atoms with van der Waals surface area (Å²) in [5, 5.41) is 27.3. The number of nitrogens with zero attached hydrogens (tertiary/aromatic N) is 2. The molecule has 0 saturated heterocycles. The zero-order chi connectivity index (χ0) is 17.4. The maximum atomic E-state index is 11.1. The van der Waals surface area contributed by atoms with E-state index in [1.54, 1.807) is 12.1 Å². The van der Waals surface area contributed by atoms with Crippen LogP contribution < -0.4 is 10.2 Å². The summed E-state index contributed by atoms with van der Waals surface area (Å²) in [5.41, 5.74) is 0.389. The molecule has 6 heteroatoms. The van der Waals surface area contributed by atoms with Crippen molar-refractivity contribution in [2.24, 2.45) is 10.2 Å². The van der Waals surface area contributed by atoms with Crippen LogP contribution in [0.25, 0.3) is 0 Å². The van der Waals surface area contributed by atoms with Gasteiger partial charge in [-0.05, 0) is 24.1 Å². The molecule has 0 amide bonds. The van der Waals surface area contributed by atoms with Crippen LogP contribution in [0.2, 0.25) is 6.86 Å². The minimum absolute atomic E-state index is 0.159. The van der Waals surface area contributed by atoms with Crippen molar-refractivity contribution in [2.45, 2.75) is 48.4 Å². The van der Waals surface area contributed by atoms with E-state index >= 15 is 0 Å². The van der Waals surface area contributed by atoms with Crippen molar-refractivity contribution in [1.82, 2.24) is 0 Å². The van der Waals surface area contributed by atoms with E-state index in [9.17, 15) is 10.2 Å². The molecule has 0 atom stereocenters. The predicted molar refractivity (Wildman–Crippen MR) is 94.9 cm³/mol. The van der Waals surface area contributed by atoms with Gasteiger partial charge in [-0.1, -0.05) is 27.7 Å². The Morgan fingerprint density at radius 1 is 1.05 bits per heavy atom. The molecule has 0 unspecified atom stereocenters. The summed E-state index contributed by atoms with van der Waals surface area (Å²) in [6.45, 7) is 14.2. The van der Waals surface area contributed by atoms with Crippen molar-refractivity contribution in [1.29, 1.82) is 0 Å². The van der Waals surface area contributed by atoms with Gasteiger partial charge in [0.15, 0.2) is 0 Å². The zero-order valence-corrected chi connectivity index (χ0v) is 18.4. The van der Waals surface area contributed by atoms with Crippen LogP contribution in [0.4, 0.5) is 0 Å². The fraction of sp³-hybridized carbons (Fsp3) is 0.500. The quantitative estimate of drug-likeness (QED) is 0.286. The molecule has 0 heterocycles. The molecule has 0 saturated carbocycles. The average Bonchev–Trinajstić information content (AvgIpc) is 2.30. The maximum absolute atomic E-state index is 11.1. The first-order valence-electron chi connectivity index (χ1n) is 6.87. The van der Waals surface area contributed by atoms with E-state index < -0.39 is 0 Å². The van der Waals surface area contributed by atoms with Crippen molar-refractivity contribution in [3.05, 3.63) is 28.2 Å². The summed E-state index contributed by atoms with van der Waals surface area (Å²) < 4.78 is 2.09. The second kappa shape index (κ2) is 9.55. The molecule has 0 radical (unpaired) electrons. The minimum Gasteiger partial charge on any atom is -0.872 e. The van der Waals surface area contributed by atoms with E-state index in [-0.39, 0.29) is 26.9 Å². The molecule has 0 aromatic heterocycles. The molecular weight excluding hydrogens is 451 g/mol. The van der Waals surface area contributed by atoms with E-state index in [0.717, 1.165) is 4.47 Å². The molecule has 0 spiro atoms. The van der Waals surface area contributed by atoms with Crippen molar-refractivity contribution in [3.63, 3.8) is 0 Å². The fourth-order valence-electron chi connectivity index (χ4n) is 1.87. The van der Waals surface area contributed by atoms with Crippen LogP contribution in [-0.4, -0.2) is 33.8 Å². The number of hydrogen-bond donors (Lipinski definition) is 0. The van der Waals surface area contributed by atoms with Crippen LogP contribution in [0.15, 0.2) is 32.9 Å². The van der Waals surface area contributed by atoms with Gasteiger partial charge in [-0.25, -0.2) is 0 Å². The summed E-state index contributed by atoms with van der Waals surface area (Å²) in [4.78, 5) is 0. The standard InChI is InChI=1S/C8H7BrN2O2.2C4H9.Sn/c9-7-1-2-8(13)6(3-7)4-10-11-5-12;2*1-4(2)3;/h1-5,13H,(H,11,12);2*1-3H3;/q;;;+2/p-2/b10-4+;;;. The summed E-state index contributed by atoms with van der Waals surface area (Å²) in [7, 11) is 0. The van der Waals surface area contributed by atoms with Gasteiger partial charge in [0.1, 0.15) is 0 Å². The van der Waals surface area contributed by atoms with Crippen molar-refractivity contribution in [2.75, 3.05) is 0 Å². The molecule has 1 aromatic carbocycles. The molecule has 1 aromatic rings. The molecule has 22 heavy (non-hydrogen) atoms. The van der Waals surface area contributed by atoms with E-state index in [1.165, 1.54) is 12.3 Å². The second-order valence-corrected chi connectivity index (χ2v) is 17.0. The first kappa shape index (κ1) is 21.4. The van der Waals surface area contributed by atoms with E-state index in [2.05, 4.69) is 67.7 Å². The zero-order valence-electron chi connectivity index (χ0n) is 14.0. The molecule has 1 rings (SSSR count). The Hall–Kier alpha value is -0.561. The SMILES string of the molecule is C[C](C)(C)[Sn+2][C](C)(C)C.[O-]/C=N\N=C\c1cc(Br)ccc1[O-]. The normalized spacial score (nSPS) is 12.1. The summed E-state index contributed by atoms with van der Waals surface area (Å²) in [6, 6.07) is 4.65. The van der Waals surface area contributed by atoms with Crippen LogP contribution in [-0.2, 0) is 0 Å². The molecule has 4 nitrogen and oxygen atoms in total. The second-order valence-electron chi connectivity index (χ2n) is 6.77. The number of halogens is 1. The Balaban J connectivity index is 0.000000433. The summed E-state index contributed by atoms with van der Waals surface area (Å²) in [5.74, 6) is -0.159. The minimum atomic E-state index is -0.182. The topological polar surface area (TPSA) is 70.8 Å². The van der Waals surface area contributed by atoms with Crippen molar-refractivity contribution >= 4 is 49.7 Å². The number of rotatable bonds is 2. The molecule has 0 fully saturated rings. The van der Waals surface area contributed by atoms with Crippen molar-refractivity contribution in [3.8, 4) is 5.75 Å². The van der Waals surface area contributed by atoms with Gasteiger partial charge in [-0.15, -0.1) is 0 Å². The Bertz CT molecular complexity index is 506. The molecular formula is C16H23BrN2O2Sn.